The van der Waals surface area contributed by atoms with Gasteiger partial charge in [-0.25, -0.2) is 4.39 Å². The van der Waals surface area contributed by atoms with E-state index < -0.39 is 11.9 Å². The average Bonchev–Trinajstić information content (AvgIpc) is 3.40. The van der Waals surface area contributed by atoms with Crippen LogP contribution in [-0.4, -0.2) is 29.3 Å². The van der Waals surface area contributed by atoms with Crippen LogP contribution in [0.2, 0.25) is 0 Å². The molecule has 156 valence electrons. The molecule has 0 aliphatic heterocycles. The van der Waals surface area contributed by atoms with Crippen molar-refractivity contribution in [2.45, 2.75) is 64.0 Å². The molecule has 1 aromatic heterocycles. The zero-order valence-electron chi connectivity index (χ0n) is 16.9. The van der Waals surface area contributed by atoms with Crippen molar-refractivity contribution in [3.63, 3.8) is 0 Å². The Bertz CT molecular complexity index is 803. The lowest BCUT2D eigenvalue weighted by Gasteiger charge is -2.32. The molecule has 0 bridgehead atoms. The third kappa shape index (κ3) is 5.66. The Morgan fingerprint density at radius 3 is 2.62 bits per heavy atom. The normalized spacial score (nSPS) is 15.2. The summed E-state index contributed by atoms with van der Waals surface area (Å²) in [6.45, 7) is 2.47. The van der Waals surface area contributed by atoms with Gasteiger partial charge in [0.25, 0.3) is 0 Å². The quantitative estimate of drug-likeness (QED) is 0.635. The Balaban J connectivity index is 1.91. The third-order valence-electron chi connectivity index (χ3n) is 5.44. The highest BCUT2D eigenvalue weighted by molar-refractivity contribution is 7.10. The van der Waals surface area contributed by atoms with Crippen molar-refractivity contribution in [3.05, 3.63) is 58.0 Å². The van der Waals surface area contributed by atoms with Crippen LogP contribution >= 0.6 is 11.3 Å². The highest BCUT2D eigenvalue weighted by Crippen LogP contribution is 2.27. The van der Waals surface area contributed by atoms with E-state index in [2.05, 4.69) is 5.32 Å². The summed E-state index contributed by atoms with van der Waals surface area (Å²) < 4.78 is 14.7. The van der Waals surface area contributed by atoms with Crippen LogP contribution in [0.15, 0.2) is 41.8 Å². The van der Waals surface area contributed by atoms with Gasteiger partial charge < -0.3 is 10.2 Å². The zero-order chi connectivity index (χ0) is 20.6. The molecule has 1 aliphatic rings. The second kappa shape index (κ2) is 10.5. The molecule has 2 aromatic rings. The minimum Gasteiger partial charge on any atom is -0.351 e. The number of halogens is 1. The van der Waals surface area contributed by atoms with Gasteiger partial charge in [-0.1, -0.05) is 50.5 Å². The first-order valence-electron chi connectivity index (χ1n) is 10.5. The van der Waals surface area contributed by atoms with Gasteiger partial charge in [-0.3, -0.25) is 9.59 Å². The molecule has 3 rings (SSSR count). The second-order valence-corrected chi connectivity index (χ2v) is 8.64. The second-order valence-electron chi connectivity index (χ2n) is 7.61. The van der Waals surface area contributed by atoms with Crippen molar-refractivity contribution in [1.29, 1.82) is 0 Å². The lowest BCUT2D eigenvalue weighted by Crippen LogP contribution is -2.47. The maximum atomic E-state index is 14.7. The summed E-state index contributed by atoms with van der Waals surface area (Å²) in [7, 11) is 0. The number of carbonyl (C=O) groups is 2. The molecule has 2 amide bonds. The van der Waals surface area contributed by atoms with Crippen molar-refractivity contribution in [3.8, 4) is 0 Å². The molecule has 1 atom stereocenters. The molecule has 0 saturated heterocycles. The van der Waals surface area contributed by atoms with Crippen molar-refractivity contribution < 1.29 is 14.0 Å². The number of nitrogens with zero attached hydrogens (tertiary/aromatic N) is 1. The number of carbonyl (C=O) groups excluding carboxylic acids is 2. The third-order valence-corrected chi connectivity index (χ3v) is 6.32. The van der Waals surface area contributed by atoms with E-state index in [4.69, 9.17) is 0 Å². The fraction of sp³-hybridized carbons (Fsp3) is 0.478. The van der Waals surface area contributed by atoms with Crippen LogP contribution in [0.4, 0.5) is 4.39 Å². The molecule has 6 heteroatoms. The monoisotopic (exact) mass is 416 g/mol. The first-order valence-corrected chi connectivity index (χ1v) is 11.3. The highest BCUT2D eigenvalue weighted by Gasteiger charge is 2.34. The standard InChI is InChI=1S/C23H29FN2O2S/c1-2-3-14-26(21(27)16-18-11-8-15-29-18)22(19-12-6-7-13-20(19)24)23(28)25-17-9-4-5-10-17/h6-8,11-13,15,17,22H,2-5,9-10,14,16H2,1H3,(H,25,28). The van der Waals surface area contributed by atoms with Crippen LogP contribution < -0.4 is 5.32 Å². The largest absolute Gasteiger partial charge is 0.351 e. The van der Waals surface area contributed by atoms with Gasteiger partial charge in [0.05, 0.1) is 6.42 Å². The van der Waals surface area contributed by atoms with Gasteiger partial charge in [-0.15, -0.1) is 11.3 Å². The fourth-order valence-electron chi connectivity index (χ4n) is 3.89. The molecule has 1 unspecified atom stereocenters. The van der Waals surface area contributed by atoms with Crippen LogP contribution in [0.5, 0.6) is 0 Å². The minimum absolute atomic E-state index is 0.109. The molecule has 1 aromatic carbocycles. The van der Waals surface area contributed by atoms with Gasteiger partial charge in [-0.05, 0) is 36.8 Å². The van der Waals surface area contributed by atoms with Crippen LogP contribution in [0.1, 0.15) is 61.9 Å². The Labute approximate surface area is 176 Å². The van der Waals surface area contributed by atoms with Crippen molar-refractivity contribution in [2.24, 2.45) is 0 Å². The number of nitrogens with one attached hydrogen (secondary N) is 1. The lowest BCUT2D eigenvalue weighted by atomic mass is 10.0. The van der Waals surface area contributed by atoms with Gasteiger partial charge in [0, 0.05) is 23.0 Å². The number of hydrogen-bond acceptors (Lipinski definition) is 3. The summed E-state index contributed by atoms with van der Waals surface area (Å²) in [6.07, 6.45) is 5.93. The molecule has 0 radical (unpaired) electrons. The van der Waals surface area contributed by atoms with Gasteiger partial charge in [0.1, 0.15) is 11.9 Å². The van der Waals surface area contributed by atoms with Crippen molar-refractivity contribution >= 4 is 23.2 Å². The van der Waals surface area contributed by atoms with Gasteiger partial charge in [0.15, 0.2) is 0 Å². The van der Waals surface area contributed by atoms with E-state index in [9.17, 15) is 14.0 Å². The summed E-state index contributed by atoms with van der Waals surface area (Å²) in [5.41, 5.74) is 0.263. The number of amides is 2. The molecule has 4 nitrogen and oxygen atoms in total. The summed E-state index contributed by atoms with van der Waals surface area (Å²) in [6, 6.07) is 9.28. The molecule has 1 heterocycles. The molecule has 1 saturated carbocycles. The molecular weight excluding hydrogens is 387 g/mol. The smallest absolute Gasteiger partial charge is 0.247 e. The van der Waals surface area contributed by atoms with E-state index in [-0.39, 0.29) is 29.8 Å². The number of unbranched alkanes of at least 4 members (excludes halogenated alkanes) is 1. The number of benzene rings is 1. The van der Waals surface area contributed by atoms with Gasteiger partial charge in [-0.2, -0.15) is 0 Å². The SMILES string of the molecule is CCCCN(C(=O)Cc1cccs1)C(C(=O)NC1CCCC1)c1ccccc1F. The van der Waals surface area contributed by atoms with E-state index >= 15 is 0 Å². The average molecular weight is 417 g/mol. The first-order chi connectivity index (χ1) is 14.1. The summed E-state index contributed by atoms with van der Waals surface area (Å²) in [5, 5.41) is 5.01. The molecule has 1 fully saturated rings. The minimum atomic E-state index is -0.948. The maximum absolute atomic E-state index is 14.7. The number of thiophene rings is 1. The molecule has 1 N–H and O–H groups in total. The van der Waals surface area contributed by atoms with E-state index in [1.807, 2.05) is 24.4 Å². The number of hydrogen-bond donors (Lipinski definition) is 1. The van der Waals surface area contributed by atoms with Crippen LogP contribution in [0.3, 0.4) is 0 Å². The predicted octanol–water partition coefficient (Wildman–Crippen LogP) is 4.86. The number of rotatable bonds is 9. The van der Waals surface area contributed by atoms with Gasteiger partial charge >= 0.3 is 0 Å². The van der Waals surface area contributed by atoms with Crippen molar-refractivity contribution in [2.75, 3.05) is 6.54 Å². The highest BCUT2D eigenvalue weighted by atomic mass is 32.1. The molecule has 1 aliphatic carbocycles. The van der Waals surface area contributed by atoms with E-state index in [0.717, 1.165) is 43.4 Å². The Kier molecular flexibility index (Phi) is 7.81. The molecule has 29 heavy (non-hydrogen) atoms. The Hall–Kier alpha value is -2.21. The Morgan fingerprint density at radius 1 is 1.21 bits per heavy atom. The lowest BCUT2D eigenvalue weighted by molar-refractivity contribution is -0.140. The summed E-state index contributed by atoms with van der Waals surface area (Å²) in [5.74, 6) is -0.877. The fourth-order valence-corrected chi connectivity index (χ4v) is 4.58. The van der Waals surface area contributed by atoms with E-state index in [1.54, 1.807) is 23.1 Å². The summed E-state index contributed by atoms with van der Waals surface area (Å²) >= 11 is 1.52. The molecular formula is C23H29FN2O2S. The predicted molar refractivity (Wildman–Crippen MR) is 114 cm³/mol. The van der Waals surface area contributed by atoms with Crippen molar-refractivity contribution in [1.82, 2.24) is 10.2 Å². The Morgan fingerprint density at radius 2 is 1.97 bits per heavy atom. The first kappa shape index (κ1) is 21.5. The molecule has 0 spiro atoms. The topological polar surface area (TPSA) is 49.4 Å². The zero-order valence-corrected chi connectivity index (χ0v) is 17.7. The van der Waals surface area contributed by atoms with Crippen LogP contribution in [0, 0.1) is 5.82 Å². The van der Waals surface area contributed by atoms with Crippen LogP contribution in [-0.2, 0) is 16.0 Å². The maximum Gasteiger partial charge on any atom is 0.247 e. The van der Waals surface area contributed by atoms with E-state index in [0.29, 0.717) is 6.54 Å². The van der Waals surface area contributed by atoms with E-state index in [1.165, 1.54) is 17.4 Å². The summed E-state index contributed by atoms with van der Waals surface area (Å²) in [4.78, 5) is 29.0. The van der Waals surface area contributed by atoms with Crippen LogP contribution in [0.25, 0.3) is 0 Å². The van der Waals surface area contributed by atoms with Gasteiger partial charge in [0.2, 0.25) is 11.8 Å².